The molecule has 4 heteroatoms. The van der Waals surface area contributed by atoms with Gasteiger partial charge in [0.05, 0.1) is 6.04 Å². The maximum atomic E-state index is 6.14. The van der Waals surface area contributed by atoms with E-state index in [1.54, 1.807) is 0 Å². The minimum Gasteiger partial charge on any atom is -0.387 e. The van der Waals surface area contributed by atoms with Crippen molar-refractivity contribution in [2.45, 2.75) is 51.6 Å². The van der Waals surface area contributed by atoms with Crippen LogP contribution in [-0.2, 0) is 0 Å². The largest absolute Gasteiger partial charge is 0.387 e. The van der Waals surface area contributed by atoms with Gasteiger partial charge in [-0.2, -0.15) is 0 Å². The second-order valence-corrected chi connectivity index (χ2v) is 5.05. The van der Waals surface area contributed by atoms with Gasteiger partial charge >= 0.3 is 0 Å². The van der Waals surface area contributed by atoms with Crippen molar-refractivity contribution in [1.82, 2.24) is 10.6 Å². The highest BCUT2D eigenvalue weighted by molar-refractivity contribution is 5.23. The summed E-state index contributed by atoms with van der Waals surface area (Å²) < 4.78 is 0. The van der Waals surface area contributed by atoms with Crippen LogP contribution in [0.5, 0.6) is 0 Å². The van der Waals surface area contributed by atoms with Crippen molar-refractivity contribution in [3.63, 3.8) is 0 Å². The molecule has 0 amide bonds. The molecule has 17 heavy (non-hydrogen) atoms. The Morgan fingerprint density at radius 2 is 2.29 bits per heavy atom. The molecule has 1 aliphatic rings. The highest BCUT2D eigenvalue weighted by atomic mass is 15.0. The molecule has 0 radical (unpaired) electrons. The standard InChI is InChI=1S/C13H28N4/c1-3-4-5-11-8-16-9-12(15)13(11)17-7-6-10(2)14/h10,12,16-17H,3-9,14-15H2,1-2H3. The molecule has 100 valence electrons. The Morgan fingerprint density at radius 3 is 2.94 bits per heavy atom. The van der Waals surface area contributed by atoms with Crippen molar-refractivity contribution in [3.05, 3.63) is 11.3 Å². The molecule has 1 aliphatic heterocycles. The van der Waals surface area contributed by atoms with Crippen LogP contribution in [0.1, 0.15) is 39.5 Å². The summed E-state index contributed by atoms with van der Waals surface area (Å²) in [4.78, 5) is 0. The van der Waals surface area contributed by atoms with Crippen LogP contribution in [0.3, 0.4) is 0 Å². The lowest BCUT2D eigenvalue weighted by Crippen LogP contribution is -2.46. The van der Waals surface area contributed by atoms with Gasteiger partial charge in [-0.25, -0.2) is 0 Å². The van der Waals surface area contributed by atoms with Gasteiger partial charge in [-0.3, -0.25) is 0 Å². The summed E-state index contributed by atoms with van der Waals surface area (Å²) in [6.45, 7) is 7.04. The molecule has 0 aromatic heterocycles. The highest BCUT2D eigenvalue weighted by Gasteiger charge is 2.18. The monoisotopic (exact) mass is 240 g/mol. The van der Waals surface area contributed by atoms with Crippen LogP contribution in [0.25, 0.3) is 0 Å². The van der Waals surface area contributed by atoms with E-state index in [1.165, 1.54) is 24.1 Å². The molecule has 0 aliphatic carbocycles. The van der Waals surface area contributed by atoms with Gasteiger partial charge in [-0.05, 0) is 31.8 Å². The Hall–Kier alpha value is -0.580. The number of hydrogen-bond donors (Lipinski definition) is 4. The fourth-order valence-corrected chi connectivity index (χ4v) is 2.14. The first kappa shape index (κ1) is 14.5. The van der Waals surface area contributed by atoms with Gasteiger partial charge in [0.1, 0.15) is 0 Å². The van der Waals surface area contributed by atoms with Crippen LogP contribution in [0.4, 0.5) is 0 Å². The topological polar surface area (TPSA) is 76.1 Å². The smallest absolute Gasteiger partial charge is 0.0571 e. The van der Waals surface area contributed by atoms with Crippen LogP contribution in [0, 0.1) is 0 Å². The molecule has 4 nitrogen and oxygen atoms in total. The highest BCUT2D eigenvalue weighted by Crippen LogP contribution is 2.15. The average molecular weight is 240 g/mol. The molecule has 0 saturated carbocycles. The molecule has 0 aromatic rings. The number of nitrogens with one attached hydrogen (secondary N) is 2. The van der Waals surface area contributed by atoms with Crippen LogP contribution < -0.4 is 22.1 Å². The first-order valence-corrected chi connectivity index (χ1v) is 6.82. The van der Waals surface area contributed by atoms with Gasteiger partial charge in [0, 0.05) is 31.4 Å². The molecule has 2 unspecified atom stereocenters. The van der Waals surface area contributed by atoms with E-state index in [1.807, 2.05) is 6.92 Å². The zero-order chi connectivity index (χ0) is 12.7. The van der Waals surface area contributed by atoms with E-state index in [9.17, 15) is 0 Å². The zero-order valence-electron chi connectivity index (χ0n) is 11.3. The summed E-state index contributed by atoms with van der Waals surface area (Å²) >= 11 is 0. The lowest BCUT2D eigenvalue weighted by molar-refractivity contribution is 0.528. The third kappa shape index (κ3) is 5.06. The Bertz CT molecular complexity index is 248. The molecular formula is C13H28N4. The number of unbranched alkanes of at least 4 members (excludes halogenated alkanes) is 1. The van der Waals surface area contributed by atoms with Crippen LogP contribution in [-0.4, -0.2) is 31.7 Å². The van der Waals surface area contributed by atoms with E-state index in [0.717, 1.165) is 32.5 Å². The molecule has 1 heterocycles. The van der Waals surface area contributed by atoms with Crippen LogP contribution in [0.15, 0.2) is 11.3 Å². The van der Waals surface area contributed by atoms with E-state index in [-0.39, 0.29) is 12.1 Å². The molecule has 6 N–H and O–H groups in total. The molecular weight excluding hydrogens is 212 g/mol. The zero-order valence-corrected chi connectivity index (χ0v) is 11.3. The number of rotatable bonds is 7. The van der Waals surface area contributed by atoms with Crippen molar-refractivity contribution in [2.75, 3.05) is 19.6 Å². The van der Waals surface area contributed by atoms with E-state index in [0.29, 0.717) is 0 Å². The van der Waals surface area contributed by atoms with Gasteiger partial charge in [-0.1, -0.05) is 13.3 Å². The van der Waals surface area contributed by atoms with Crippen molar-refractivity contribution < 1.29 is 0 Å². The molecule has 0 fully saturated rings. The van der Waals surface area contributed by atoms with Gasteiger partial charge in [0.25, 0.3) is 0 Å². The molecule has 0 spiro atoms. The summed E-state index contributed by atoms with van der Waals surface area (Å²) in [6.07, 6.45) is 4.61. The Labute approximate surface area is 105 Å². The van der Waals surface area contributed by atoms with Crippen LogP contribution >= 0.6 is 0 Å². The first-order chi connectivity index (χ1) is 8.15. The summed E-state index contributed by atoms with van der Waals surface area (Å²) in [5.74, 6) is 0. The van der Waals surface area contributed by atoms with Crippen molar-refractivity contribution >= 4 is 0 Å². The minimum atomic E-state index is 0.115. The fraction of sp³-hybridized carbons (Fsp3) is 0.846. The van der Waals surface area contributed by atoms with Gasteiger partial charge in [0.15, 0.2) is 0 Å². The van der Waals surface area contributed by atoms with Gasteiger partial charge in [-0.15, -0.1) is 0 Å². The molecule has 0 bridgehead atoms. The van der Waals surface area contributed by atoms with Gasteiger partial charge in [0.2, 0.25) is 0 Å². The second-order valence-electron chi connectivity index (χ2n) is 5.05. The summed E-state index contributed by atoms with van der Waals surface area (Å²) in [5.41, 5.74) is 14.6. The lowest BCUT2D eigenvalue weighted by Gasteiger charge is -2.28. The summed E-state index contributed by atoms with van der Waals surface area (Å²) in [7, 11) is 0. The summed E-state index contributed by atoms with van der Waals surface area (Å²) in [6, 6.07) is 0.365. The third-order valence-corrected chi connectivity index (χ3v) is 3.20. The number of hydrogen-bond acceptors (Lipinski definition) is 4. The predicted octanol–water partition coefficient (Wildman–Crippen LogP) is 0.688. The molecule has 0 saturated heterocycles. The Balaban J connectivity index is 2.54. The Kier molecular flexibility index (Phi) is 6.55. The molecule has 1 rings (SSSR count). The summed E-state index contributed by atoms with van der Waals surface area (Å²) in [5, 5.41) is 6.87. The average Bonchev–Trinajstić information content (AvgIpc) is 2.29. The normalized spacial score (nSPS) is 22.7. The maximum absolute atomic E-state index is 6.14. The quantitative estimate of drug-likeness (QED) is 0.528. The van der Waals surface area contributed by atoms with E-state index in [4.69, 9.17) is 11.5 Å². The first-order valence-electron chi connectivity index (χ1n) is 6.82. The van der Waals surface area contributed by atoms with Crippen molar-refractivity contribution in [2.24, 2.45) is 11.5 Å². The van der Waals surface area contributed by atoms with Gasteiger partial charge < -0.3 is 22.1 Å². The van der Waals surface area contributed by atoms with E-state index in [2.05, 4.69) is 17.6 Å². The minimum absolute atomic E-state index is 0.115. The van der Waals surface area contributed by atoms with E-state index < -0.39 is 0 Å². The fourth-order valence-electron chi connectivity index (χ4n) is 2.14. The van der Waals surface area contributed by atoms with Crippen molar-refractivity contribution in [3.8, 4) is 0 Å². The molecule has 2 atom stereocenters. The van der Waals surface area contributed by atoms with E-state index >= 15 is 0 Å². The van der Waals surface area contributed by atoms with Crippen LogP contribution in [0.2, 0.25) is 0 Å². The number of nitrogens with two attached hydrogens (primary N) is 2. The Morgan fingerprint density at radius 1 is 1.53 bits per heavy atom. The van der Waals surface area contributed by atoms with Crippen molar-refractivity contribution in [1.29, 1.82) is 0 Å². The maximum Gasteiger partial charge on any atom is 0.0571 e. The predicted molar refractivity (Wildman–Crippen MR) is 73.7 cm³/mol. The second kappa shape index (κ2) is 7.69. The molecule has 0 aromatic carbocycles. The third-order valence-electron chi connectivity index (χ3n) is 3.20. The SMILES string of the molecule is CCCCC1=C(NCCC(C)N)C(N)CNC1. The lowest BCUT2D eigenvalue weighted by atomic mass is 9.99.